The van der Waals surface area contributed by atoms with Crippen LogP contribution in [0, 0.1) is 0 Å². The Hall–Kier alpha value is -0.160. The summed E-state index contributed by atoms with van der Waals surface area (Å²) in [6.07, 6.45) is 2.68. The van der Waals surface area contributed by atoms with Crippen LogP contribution in [0.2, 0.25) is 0 Å². The Morgan fingerprint density at radius 3 is 2.60 bits per heavy atom. The molecule has 4 nitrogen and oxygen atoms in total. The van der Waals surface area contributed by atoms with E-state index < -0.39 is 0 Å². The van der Waals surface area contributed by atoms with Gasteiger partial charge in [0, 0.05) is 44.3 Å². The molecule has 0 aromatic rings. The third kappa shape index (κ3) is 2.04. The monoisotopic (exact) mass is 211 g/mol. The lowest BCUT2D eigenvalue weighted by Crippen LogP contribution is -2.57. The molecule has 4 heteroatoms. The first-order chi connectivity index (χ1) is 7.43. The standard InChI is InChI=1S/C11H21N3O/c1-2-11-8-15-7-10(1)14(11)6-9-5-12-3-4-13-9/h9-13H,1-8H2/t9-,10?,11?/m1/s1. The summed E-state index contributed by atoms with van der Waals surface area (Å²) in [6.45, 7) is 6.46. The van der Waals surface area contributed by atoms with Crippen molar-refractivity contribution in [3.63, 3.8) is 0 Å². The van der Waals surface area contributed by atoms with Crippen LogP contribution in [0.25, 0.3) is 0 Å². The van der Waals surface area contributed by atoms with E-state index in [1.54, 1.807) is 0 Å². The number of nitrogens with one attached hydrogen (secondary N) is 2. The summed E-state index contributed by atoms with van der Waals surface area (Å²) in [7, 11) is 0. The molecule has 3 aliphatic rings. The molecule has 15 heavy (non-hydrogen) atoms. The molecular formula is C11H21N3O. The van der Waals surface area contributed by atoms with Gasteiger partial charge >= 0.3 is 0 Å². The van der Waals surface area contributed by atoms with Gasteiger partial charge in [-0.05, 0) is 12.8 Å². The molecule has 0 aromatic heterocycles. The van der Waals surface area contributed by atoms with Crippen LogP contribution in [0.1, 0.15) is 12.8 Å². The average molecular weight is 211 g/mol. The van der Waals surface area contributed by atoms with Gasteiger partial charge in [-0.1, -0.05) is 0 Å². The van der Waals surface area contributed by atoms with E-state index in [-0.39, 0.29) is 0 Å². The summed E-state index contributed by atoms with van der Waals surface area (Å²) in [5.74, 6) is 0. The van der Waals surface area contributed by atoms with E-state index >= 15 is 0 Å². The molecule has 3 fully saturated rings. The largest absolute Gasteiger partial charge is 0.378 e. The molecule has 0 saturated carbocycles. The minimum Gasteiger partial charge on any atom is -0.378 e. The fourth-order valence-corrected chi connectivity index (χ4v) is 3.11. The van der Waals surface area contributed by atoms with Crippen LogP contribution >= 0.6 is 0 Å². The summed E-state index contributed by atoms with van der Waals surface area (Å²) in [5.41, 5.74) is 0. The van der Waals surface area contributed by atoms with Crippen LogP contribution in [0.5, 0.6) is 0 Å². The van der Waals surface area contributed by atoms with Crippen molar-refractivity contribution >= 4 is 0 Å². The van der Waals surface area contributed by atoms with Crippen LogP contribution in [0.3, 0.4) is 0 Å². The van der Waals surface area contributed by atoms with E-state index in [4.69, 9.17) is 4.74 Å². The van der Waals surface area contributed by atoms with Crippen LogP contribution in [-0.2, 0) is 4.74 Å². The van der Waals surface area contributed by atoms with Gasteiger partial charge in [-0.3, -0.25) is 4.90 Å². The van der Waals surface area contributed by atoms with Gasteiger partial charge in [-0.15, -0.1) is 0 Å². The molecule has 2 bridgehead atoms. The highest BCUT2D eigenvalue weighted by Crippen LogP contribution is 2.28. The number of morpholine rings is 1. The molecule has 3 atom stereocenters. The lowest BCUT2D eigenvalue weighted by Gasteiger charge is -2.38. The van der Waals surface area contributed by atoms with Crippen molar-refractivity contribution in [2.45, 2.75) is 31.0 Å². The molecule has 0 aliphatic carbocycles. The van der Waals surface area contributed by atoms with Crippen molar-refractivity contribution in [3.8, 4) is 0 Å². The second-order valence-corrected chi connectivity index (χ2v) is 4.97. The predicted molar refractivity (Wildman–Crippen MR) is 59.0 cm³/mol. The first-order valence-corrected chi connectivity index (χ1v) is 6.21. The fourth-order valence-electron chi connectivity index (χ4n) is 3.11. The zero-order valence-corrected chi connectivity index (χ0v) is 9.24. The maximum Gasteiger partial charge on any atom is 0.0622 e. The molecule has 2 N–H and O–H groups in total. The van der Waals surface area contributed by atoms with Crippen LogP contribution in [0.15, 0.2) is 0 Å². The van der Waals surface area contributed by atoms with Crippen molar-refractivity contribution in [3.05, 3.63) is 0 Å². The summed E-state index contributed by atoms with van der Waals surface area (Å²) in [5, 5.41) is 7.04. The van der Waals surface area contributed by atoms with Gasteiger partial charge in [0.1, 0.15) is 0 Å². The molecule has 3 saturated heterocycles. The fraction of sp³-hybridized carbons (Fsp3) is 1.00. The predicted octanol–water partition coefficient (Wildman–Crippen LogP) is -0.589. The van der Waals surface area contributed by atoms with Crippen LogP contribution in [-0.4, -0.2) is 62.4 Å². The van der Waals surface area contributed by atoms with Gasteiger partial charge in [-0.2, -0.15) is 0 Å². The Morgan fingerprint density at radius 1 is 1.13 bits per heavy atom. The minimum atomic E-state index is 0.639. The molecule has 0 radical (unpaired) electrons. The molecule has 3 aliphatic heterocycles. The number of hydrogen-bond donors (Lipinski definition) is 2. The van der Waals surface area contributed by atoms with E-state index in [9.17, 15) is 0 Å². The molecular weight excluding hydrogens is 190 g/mol. The highest BCUT2D eigenvalue weighted by Gasteiger charge is 2.38. The van der Waals surface area contributed by atoms with Gasteiger partial charge in [-0.25, -0.2) is 0 Å². The average Bonchev–Trinajstić information content (AvgIpc) is 2.53. The molecule has 0 spiro atoms. The summed E-state index contributed by atoms with van der Waals surface area (Å²) in [4.78, 5) is 2.67. The molecule has 0 aromatic carbocycles. The second kappa shape index (κ2) is 4.37. The zero-order chi connectivity index (χ0) is 10.1. The van der Waals surface area contributed by atoms with Gasteiger partial charge in [0.25, 0.3) is 0 Å². The second-order valence-electron chi connectivity index (χ2n) is 4.97. The Bertz CT molecular complexity index is 202. The van der Waals surface area contributed by atoms with E-state index in [0.29, 0.717) is 18.1 Å². The lowest BCUT2D eigenvalue weighted by atomic mass is 10.1. The topological polar surface area (TPSA) is 36.5 Å². The van der Waals surface area contributed by atoms with Gasteiger partial charge in [0.2, 0.25) is 0 Å². The minimum absolute atomic E-state index is 0.639. The number of nitrogens with zero attached hydrogens (tertiary/aromatic N) is 1. The molecule has 86 valence electrons. The number of fused-ring (bicyclic) bond motifs is 2. The number of hydrogen-bond acceptors (Lipinski definition) is 4. The van der Waals surface area contributed by atoms with Crippen LogP contribution in [0.4, 0.5) is 0 Å². The quantitative estimate of drug-likeness (QED) is 0.640. The van der Waals surface area contributed by atoms with Crippen molar-refractivity contribution in [2.75, 3.05) is 39.4 Å². The molecule has 2 unspecified atom stereocenters. The highest BCUT2D eigenvalue weighted by atomic mass is 16.5. The Kier molecular flexibility index (Phi) is 2.92. The van der Waals surface area contributed by atoms with Crippen molar-refractivity contribution in [1.82, 2.24) is 15.5 Å². The smallest absolute Gasteiger partial charge is 0.0622 e. The van der Waals surface area contributed by atoms with E-state index in [0.717, 1.165) is 32.8 Å². The Morgan fingerprint density at radius 2 is 1.93 bits per heavy atom. The Balaban J connectivity index is 1.57. The zero-order valence-electron chi connectivity index (χ0n) is 9.24. The third-order valence-electron chi connectivity index (χ3n) is 3.95. The number of rotatable bonds is 2. The van der Waals surface area contributed by atoms with E-state index in [2.05, 4.69) is 15.5 Å². The van der Waals surface area contributed by atoms with Crippen molar-refractivity contribution in [1.29, 1.82) is 0 Å². The van der Waals surface area contributed by atoms with E-state index in [1.165, 1.54) is 19.4 Å². The highest BCUT2D eigenvalue weighted by molar-refractivity contribution is 4.93. The summed E-state index contributed by atoms with van der Waals surface area (Å²) >= 11 is 0. The van der Waals surface area contributed by atoms with Gasteiger partial charge in [0.05, 0.1) is 13.2 Å². The molecule has 3 rings (SSSR count). The normalized spacial score (nSPS) is 42.0. The first kappa shape index (κ1) is 10.0. The summed E-state index contributed by atoms with van der Waals surface area (Å²) < 4.78 is 5.60. The SMILES string of the molecule is C1CN[C@@H](CN2C3CCC2COC3)CN1. The summed E-state index contributed by atoms with van der Waals surface area (Å²) in [6, 6.07) is 2.04. The number of ether oxygens (including phenoxy) is 1. The van der Waals surface area contributed by atoms with Gasteiger partial charge in [0.15, 0.2) is 0 Å². The Labute approximate surface area is 91.3 Å². The van der Waals surface area contributed by atoms with Crippen molar-refractivity contribution < 1.29 is 4.74 Å². The number of piperazine rings is 1. The van der Waals surface area contributed by atoms with Gasteiger partial charge < -0.3 is 15.4 Å². The maximum absolute atomic E-state index is 5.60. The molecule has 0 amide bonds. The van der Waals surface area contributed by atoms with Crippen molar-refractivity contribution in [2.24, 2.45) is 0 Å². The third-order valence-corrected chi connectivity index (χ3v) is 3.95. The first-order valence-electron chi connectivity index (χ1n) is 6.21. The lowest BCUT2D eigenvalue weighted by molar-refractivity contribution is -0.0189. The van der Waals surface area contributed by atoms with Crippen LogP contribution < -0.4 is 10.6 Å². The maximum atomic E-state index is 5.60. The molecule has 3 heterocycles. The van der Waals surface area contributed by atoms with E-state index in [1.807, 2.05) is 0 Å².